The third kappa shape index (κ3) is 5.74. The van der Waals surface area contributed by atoms with Gasteiger partial charge in [0.2, 0.25) is 0 Å². The van der Waals surface area contributed by atoms with Gasteiger partial charge in [0.05, 0.1) is 16.4 Å². The van der Waals surface area contributed by atoms with Crippen LogP contribution in [0, 0.1) is 18.8 Å². The molecular weight excluding hydrogens is 272 g/mol. The van der Waals surface area contributed by atoms with E-state index < -0.39 is 0 Å². The SMILES string of the molecule is Cc1cc(C(=O)NCCCN(C)C)sc1C#CCCO. The lowest BCUT2D eigenvalue weighted by atomic mass is 10.2. The molecule has 0 radical (unpaired) electrons. The summed E-state index contributed by atoms with van der Waals surface area (Å²) in [6.45, 7) is 3.65. The van der Waals surface area contributed by atoms with Crippen LogP contribution in [-0.4, -0.2) is 49.7 Å². The molecular formula is C15H22N2O2S. The molecule has 0 aliphatic heterocycles. The summed E-state index contributed by atoms with van der Waals surface area (Å²) in [6, 6.07) is 1.87. The van der Waals surface area contributed by atoms with Crippen LogP contribution < -0.4 is 5.32 Å². The van der Waals surface area contributed by atoms with E-state index in [1.54, 1.807) is 0 Å². The van der Waals surface area contributed by atoms with E-state index in [9.17, 15) is 4.79 Å². The molecule has 0 aromatic carbocycles. The fourth-order valence-electron chi connectivity index (χ4n) is 1.60. The average molecular weight is 294 g/mol. The molecule has 0 aliphatic carbocycles. The first-order valence-electron chi connectivity index (χ1n) is 6.67. The standard InChI is InChI=1S/C15H22N2O2S/c1-12-11-14(20-13(12)7-4-5-10-18)15(19)16-8-6-9-17(2)3/h11,18H,5-6,8-10H2,1-3H3,(H,16,19). The Labute approximate surface area is 124 Å². The minimum atomic E-state index is -0.0351. The maximum Gasteiger partial charge on any atom is 0.261 e. The molecule has 0 spiro atoms. The van der Waals surface area contributed by atoms with Gasteiger partial charge in [-0.1, -0.05) is 11.8 Å². The van der Waals surface area contributed by atoms with E-state index in [0.717, 1.165) is 23.4 Å². The van der Waals surface area contributed by atoms with Crippen LogP contribution in [0.15, 0.2) is 6.07 Å². The number of aryl methyl sites for hydroxylation is 1. The normalized spacial score (nSPS) is 10.2. The minimum Gasteiger partial charge on any atom is -0.395 e. The molecule has 0 bridgehead atoms. The van der Waals surface area contributed by atoms with Crippen molar-refractivity contribution in [2.24, 2.45) is 0 Å². The molecule has 1 amide bonds. The molecule has 0 unspecified atom stereocenters. The smallest absolute Gasteiger partial charge is 0.261 e. The molecule has 1 aromatic rings. The largest absolute Gasteiger partial charge is 0.395 e. The number of hydrogen-bond acceptors (Lipinski definition) is 4. The van der Waals surface area contributed by atoms with Crippen molar-refractivity contribution in [3.05, 3.63) is 21.4 Å². The molecule has 110 valence electrons. The Morgan fingerprint density at radius 3 is 2.90 bits per heavy atom. The van der Waals surface area contributed by atoms with Gasteiger partial charge in [-0.2, -0.15) is 0 Å². The number of carbonyl (C=O) groups excluding carboxylic acids is 1. The zero-order chi connectivity index (χ0) is 15.0. The molecule has 0 saturated carbocycles. The Morgan fingerprint density at radius 2 is 2.25 bits per heavy atom. The Hall–Kier alpha value is -1.35. The minimum absolute atomic E-state index is 0.0351. The molecule has 2 N–H and O–H groups in total. The molecule has 0 saturated heterocycles. The van der Waals surface area contributed by atoms with Crippen LogP contribution in [0.5, 0.6) is 0 Å². The van der Waals surface area contributed by atoms with Crippen molar-refractivity contribution in [1.29, 1.82) is 0 Å². The van der Waals surface area contributed by atoms with Crippen molar-refractivity contribution in [3.8, 4) is 11.8 Å². The number of thiophene rings is 1. The molecule has 0 fully saturated rings. The predicted molar refractivity (Wildman–Crippen MR) is 83.1 cm³/mol. The third-order valence-corrected chi connectivity index (χ3v) is 3.80. The monoisotopic (exact) mass is 294 g/mol. The van der Waals surface area contributed by atoms with E-state index in [1.165, 1.54) is 11.3 Å². The molecule has 0 aliphatic rings. The van der Waals surface area contributed by atoms with Crippen LogP contribution in [-0.2, 0) is 0 Å². The van der Waals surface area contributed by atoms with Crippen LogP contribution in [0.3, 0.4) is 0 Å². The van der Waals surface area contributed by atoms with Crippen molar-refractivity contribution < 1.29 is 9.90 Å². The number of carbonyl (C=O) groups is 1. The zero-order valence-corrected chi connectivity index (χ0v) is 13.1. The Bertz CT molecular complexity index is 498. The zero-order valence-electron chi connectivity index (χ0n) is 12.3. The molecule has 1 heterocycles. The van der Waals surface area contributed by atoms with Crippen LogP contribution in [0.4, 0.5) is 0 Å². The van der Waals surface area contributed by atoms with Crippen molar-refractivity contribution in [2.45, 2.75) is 19.8 Å². The summed E-state index contributed by atoms with van der Waals surface area (Å²) in [4.78, 5) is 15.7. The Balaban J connectivity index is 2.53. The van der Waals surface area contributed by atoms with Crippen LogP contribution in [0.2, 0.25) is 0 Å². The topological polar surface area (TPSA) is 52.6 Å². The van der Waals surface area contributed by atoms with Gasteiger partial charge in [0, 0.05) is 13.0 Å². The molecule has 1 aromatic heterocycles. The van der Waals surface area contributed by atoms with Crippen LogP contribution in [0.25, 0.3) is 0 Å². The molecule has 0 atom stereocenters. The van der Waals surface area contributed by atoms with E-state index in [-0.39, 0.29) is 12.5 Å². The first-order chi connectivity index (χ1) is 9.54. The van der Waals surface area contributed by atoms with Crippen LogP contribution in [0.1, 0.15) is 33.0 Å². The maximum atomic E-state index is 12.0. The van der Waals surface area contributed by atoms with Crippen LogP contribution >= 0.6 is 11.3 Å². The highest BCUT2D eigenvalue weighted by Gasteiger charge is 2.10. The summed E-state index contributed by atoms with van der Waals surface area (Å²) < 4.78 is 0. The predicted octanol–water partition coefficient (Wildman–Crippen LogP) is 1.47. The van der Waals surface area contributed by atoms with E-state index in [4.69, 9.17) is 5.11 Å². The van der Waals surface area contributed by atoms with E-state index >= 15 is 0 Å². The summed E-state index contributed by atoms with van der Waals surface area (Å²) in [5, 5.41) is 11.6. The van der Waals surface area contributed by atoms with Gasteiger partial charge in [0.1, 0.15) is 0 Å². The highest BCUT2D eigenvalue weighted by atomic mass is 32.1. The van der Waals surface area contributed by atoms with Gasteiger partial charge >= 0.3 is 0 Å². The van der Waals surface area contributed by atoms with Gasteiger partial charge in [-0.25, -0.2) is 0 Å². The summed E-state index contributed by atoms with van der Waals surface area (Å²) in [7, 11) is 4.03. The second kappa shape index (κ2) is 8.75. The molecule has 1 rings (SSSR count). The quantitative estimate of drug-likeness (QED) is 0.617. The lowest BCUT2D eigenvalue weighted by Gasteiger charge is -2.09. The maximum absolute atomic E-state index is 12.0. The van der Waals surface area contributed by atoms with Crippen molar-refractivity contribution in [1.82, 2.24) is 10.2 Å². The summed E-state index contributed by atoms with van der Waals surface area (Å²) >= 11 is 1.40. The van der Waals surface area contributed by atoms with Crippen molar-refractivity contribution >= 4 is 17.2 Å². The molecule has 20 heavy (non-hydrogen) atoms. The lowest BCUT2D eigenvalue weighted by Crippen LogP contribution is -2.26. The number of aliphatic hydroxyl groups is 1. The Kier molecular flexibility index (Phi) is 7.31. The fourth-order valence-corrected chi connectivity index (χ4v) is 2.56. The number of hydrogen-bond donors (Lipinski definition) is 2. The van der Waals surface area contributed by atoms with Gasteiger partial charge in [-0.3, -0.25) is 4.79 Å². The van der Waals surface area contributed by atoms with E-state index in [0.29, 0.717) is 17.8 Å². The van der Waals surface area contributed by atoms with Gasteiger partial charge in [0.15, 0.2) is 0 Å². The first-order valence-corrected chi connectivity index (χ1v) is 7.49. The number of nitrogens with zero attached hydrogens (tertiary/aromatic N) is 1. The number of amides is 1. The van der Waals surface area contributed by atoms with Crippen molar-refractivity contribution in [2.75, 3.05) is 33.8 Å². The number of rotatable bonds is 6. The third-order valence-electron chi connectivity index (χ3n) is 2.65. The summed E-state index contributed by atoms with van der Waals surface area (Å²) in [5.74, 6) is 5.84. The lowest BCUT2D eigenvalue weighted by molar-refractivity contribution is 0.0956. The van der Waals surface area contributed by atoms with Gasteiger partial charge in [-0.15, -0.1) is 11.3 Å². The fraction of sp³-hybridized carbons (Fsp3) is 0.533. The number of aliphatic hydroxyl groups excluding tert-OH is 1. The highest BCUT2D eigenvalue weighted by Crippen LogP contribution is 2.20. The van der Waals surface area contributed by atoms with E-state index in [1.807, 2.05) is 27.1 Å². The first kappa shape index (κ1) is 16.7. The molecule has 5 heteroatoms. The second-order valence-electron chi connectivity index (χ2n) is 4.81. The summed E-state index contributed by atoms with van der Waals surface area (Å²) in [6.07, 6.45) is 1.40. The second-order valence-corrected chi connectivity index (χ2v) is 5.86. The van der Waals surface area contributed by atoms with Crippen molar-refractivity contribution in [3.63, 3.8) is 0 Å². The van der Waals surface area contributed by atoms with Gasteiger partial charge < -0.3 is 15.3 Å². The average Bonchev–Trinajstić information content (AvgIpc) is 2.76. The molecule has 4 nitrogen and oxygen atoms in total. The van der Waals surface area contributed by atoms with Gasteiger partial charge in [0.25, 0.3) is 5.91 Å². The Morgan fingerprint density at radius 1 is 1.50 bits per heavy atom. The van der Waals surface area contributed by atoms with Gasteiger partial charge in [-0.05, 0) is 45.6 Å². The highest BCUT2D eigenvalue weighted by molar-refractivity contribution is 7.14. The van der Waals surface area contributed by atoms with E-state index in [2.05, 4.69) is 22.1 Å². The summed E-state index contributed by atoms with van der Waals surface area (Å²) in [5.41, 5.74) is 1.01. The number of nitrogens with one attached hydrogen (secondary N) is 1.